The average molecular weight is 210 g/mol. The number of halogens is 4. The summed E-state index contributed by atoms with van der Waals surface area (Å²) in [6, 6.07) is -2.40. The van der Waals surface area contributed by atoms with Crippen LogP contribution >= 0.6 is 44.8 Å². The summed E-state index contributed by atoms with van der Waals surface area (Å²) in [5.41, 5.74) is 0.217. The molecule has 1 aliphatic carbocycles. The summed E-state index contributed by atoms with van der Waals surface area (Å²) >= 11 is 22.5. The molecule has 0 aromatic rings. The molecule has 48 valence electrons. The van der Waals surface area contributed by atoms with Crippen molar-refractivity contribution >= 4 is 50.8 Å². The Hall–Kier alpha value is 1.38. The first-order valence-electron chi connectivity index (χ1n) is 2.22. The van der Waals surface area contributed by atoms with Crippen LogP contribution < -0.4 is 0 Å². The van der Waals surface area contributed by atoms with Crippen LogP contribution in [-0.4, -0.2) is 11.4 Å². The molecule has 0 aromatic carbocycles. The van der Waals surface area contributed by atoms with Gasteiger partial charge in [-0.3, -0.25) is 0 Å². The van der Waals surface area contributed by atoms with Crippen LogP contribution in [0.5, 0.6) is 0 Å². The molecule has 0 saturated heterocycles. The Bertz CT molecular complexity index is 97.9. The number of hydrogen-bond acceptors (Lipinski definition) is 0. The zero-order chi connectivity index (χ0) is 6.36. The Balaban J connectivity index is 2.39. The van der Waals surface area contributed by atoms with Gasteiger partial charge in [0.2, 0.25) is 0 Å². The normalized spacial score (nSPS) is 37.5. The Kier molecular flexibility index (Phi) is 2.06. The molecule has 8 heavy (non-hydrogen) atoms. The standard InChI is InChI=1S/C3H4Cl4Si/c4-2-1-3(2)8(5,6)7/h2-3H,1H2. The predicted octanol–water partition coefficient (Wildman–Crippen LogP) is 3.02. The fraction of sp³-hybridized carbons (Fsp3) is 1.00. The van der Waals surface area contributed by atoms with E-state index in [1.165, 1.54) is 0 Å². The molecule has 0 aliphatic heterocycles. The van der Waals surface area contributed by atoms with Gasteiger partial charge in [-0.1, -0.05) is 0 Å². The molecule has 0 aromatic heterocycles. The molecule has 2 atom stereocenters. The monoisotopic (exact) mass is 208 g/mol. The third-order valence-corrected chi connectivity index (χ3v) is 5.83. The van der Waals surface area contributed by atoms with Crippen LogP contribution in [0.1, 0.15) is 6.42 Å². The van der Waals surface area contributed by atoms with Crippen LogP contribution in [0.25, 0.3) is 0 Å². The van der Waals surface area contributed by atoms with Crippen LogP contribution in [0.3, 0.4) is 0 Å². The molecule has 0 spiro atoms. The molecule has 0 nitrogen and oxygen atoms in total. The maximum atomic E-state index is 5.62. The number of rotatable bonds is 1. The fourth-order valence-corrected chi connectivity index (χ4v) is 5.09. The van der Waals surface area contributed by atoms with Crippen molar-refractivity contribution in [1.29, 1.82) is 0 Å². The zero-order valence-corrected chi connectivity index (χ0v) is 7.90. The lowest BCUT2D eigenvalue weighted by atomic mass is 11.0. The maximum absolute atomic E-state index is 5.62. The van der Waals surface area contributed by atoms with Gasteiger partial charge in [-0.25, -0.2) is 0 Å². The van der Waals surface area contributed by atoms with E-state index in [0.29, 0.717) is 0 Å². The summed E-state index contributed by atoms with van der Waals surface area (Å²) in [6.07, 6.45) is 0.893. The van der Waals surface area contributed by atoms with Gasteiger partial charge in [0.1, 0.15) is 0 Å². The lowest BCUT2D eigenvalue weighted by Crippen LogP contribution is -2.09. The molecule has 1 fully saturated rings. The average Bonchev–Trinajstić information content (AvgIpc) is 2.13. The van der Waals surface area contributed by atoms with Crippen LogP contribution in [0.4, 0.5) is 0 Å². The molecule has 1 rings (SSSR count). The third-order valence-electron chi connectivity index (χ3n) is 1.13. The minimum Gasteiger partial charge on any atom is -0.126 e. The highest BCUT2D eigenvalue weighted by atomic mass is 35.8. The van der Waals surface area contributed by atoms with Crippen molar-refractivity contribution in [2.24, 2.45) is 0 Å². The van der Waals surface area contributed by atoms with Gasteiger partial charge in [-0.05, 0) is 6.42 Å². The van der Waals surface area contributed by atoms with E-state index >= 15 is 0 Å². The first kappa shape index (κ1) is 7.48. The SMILES string of the molecule is ClC1CC1[Si](Cl)(Cl)Cl. The first-order valence-corrected chi connectivity index (χ1v) is 7.77. The predicted molar refractivity (Wildman–Crippen MR) is 41.3 cm³/mol. The van der Waals surface area contributed by atoms with Crippen molar-refractivity contribution in [2.45, 2.75) is 17.3 Å². The second kappa shape index (κ2) is 2.21. The second-order valence-electron chi connectivity index (χ2n) is 1.90. The van der Waals surface area contributed by atoms with Crippen molar-refractivity contribution in [3.8, 4) is 0 Å². The van der Waals surface area contributed by atoms with Crippen LogP contribution in [0.15, 0.2) is 0 Å². The van der Waals surface area contributed by atoms with E-state index in [4.69, 9.17) is 44.8 Å². The number of alkyl halides is 1. The van der Waals surface area contributed by atoms with Gasteiger partial charge in [0, 0.05) is 10.9 Å². The lowest BCUT2D eigenvalue weighted by Gasteiger charge is -2.02. The third kappa shape index (κ3) is 1.68. The van der Waals surface area contributed by atoms with E-state index in [1.54, 1.807) is 0 Å². The van der Waals surface area contributed by atoms with E-state index in [-0.39, 0.29) is 10.9 Å². The molecule has 1 aliphatic rings. The van der Waals surface area contributed by atoms with Crippen LogP contribution in [0, 0.1) is 0 Å². The van der Waals surface area contributed by atoms with Crippen molar-refractivity contribution < 1.29 is 0 Å². The largest absolute Gasteiger partial charge is 0.345 e. The Morgan fingerprint density at radius 2 is 1.62 bits per heavy atom. The quantitative estimate of drug-likeness (QED) is 0.354. The molecular formula is C3H4Cl4Si. The first-order chi connectivity index (χ1) is 3.52. The van der Waals surface area contributed by atoms with E-state index in [2.05, 4.69) is 0 Å². The molecule has 0 heterocycles. The van der Waals surface area contributed by atoms with Gasteiger partial charge in [-0.15, -0.1) is 44.8 Å². The molecule has 0 bridgehead atoms. The molecule has 0 amide bonds. The summed E-state index contributed by atoms with van der Waals surface area (Å²) in [5.74, 6) is 0. The molecule has 0 N–H and O–H groups in total. The highest BCUT2D eigenvalue weighted by molar-refractivity contribution is 7.65. The number of hydrogen-bond donors (Lipinski definition) is 0. The molecule has 0 radical (unpaired) electrons. The lowest BCUT2D eigenvalue weighted by molar-refractivity contribution is 1.45. The Labute approximate surface area is 68.2 Å². The fourth-order valence-electron chi connectivity index (χ4n) is 0.503. The summed E-state index contributed by atoms with van der Waals surface area (Å²) in [6.45, 7) is 0. The van der Waals surface area contributed by atoms with Crippen LogP contribution in [-0.2, 0) is 0 Å². The van der Waals surface area contributed by atoms with Gasteiger partial charge in [0.05, 0.1) is 0 Å². The van der Waals surface area contributed by atoms with Crippen LogP contribution in [0.2, 0.25) is 5.54 Å². The topological polar surface area (TPSA) is 0 Å². The van der Waals surface area contributed by atoms with Crippen molar-refractivity contribution in [3.05, 3.63) is 0 Å². The van der Waals surface area contributed by atoms with E-state index in [1.807, 2.05) is 0 Å². The molecule has 5 heteroatoms. The smallest absolute Gasteiger partial charge is 0.126 e. The molecule has 1 saturated carbocycles. The highest BCUT2D eigenvalue weighted by Gasteiger charge is 2.52. The summed E-state index contributed by atoms with van der Waals surface area (Å²) in [5, 5.41) is 0.147. The van der Waals surface area contributed by atoms with Crippen molar-refractivity contribution in [1.82, 2.24) is 0 Å². The summed E-state index contributed by atoms with van der Waals surface area (Å²) in [7, 11) is 0. The summed E-state index contributed by atoms with van der Waals surface area (Å²) in [4.78, 5) is 0. The van der Waals surface area contributed by atoms with Gasteiger partial charge >= 0.3 is 6.00 Å². The maximum Gasteiger partial charge on any atom is 0.345 e. The zero-order valence-electron chi connectivity index (χ0n) is 3.87. The van der Waals surface area contributed by atoms with Gasteiger partial charge in [-0.2, -0.15) is 0 Å². The molecule has 2 unspecified atom stereocenters. The van der Waals surface area contributed by atoms with Crippen molar-refractivity contribution in [2.75, 3.05) is 0 Å². The Morgan fingerprint density at radius 3 is 1.62 bits per heavy atom. The van der Waals surface area contributed by atoms with Gasteiger partial charge < -0.3 is 0 Å². The van der Waals surface area contributed by atoms with Gasteiger partial charge in [0.15, 0.2) is 0 Å². The van der Waals surface area contributed by atoms with E-state index in [0.717, 1.165) is 6.42 Å². The minimum absolute atomic E-state index is 0.147. The van der Waals surface area contributed by atoms with Gasteiger partial charge in [0.25, 0.3) is 0 Å². The highest BCUT2D eigenvalue weighted by Crippen LogP contribution is 2.54. The van der Waals surface area contributed by atoms with E-state index in [9.17, 15) is 0 Å². The van der Waals surface area contributed by atoms with E-state index < -0.39 is 6.00 Å². The molecular weight excluding hydrogens is 206 g/mol. The van der Waals surface area contributed by atoms with Crippen molar-refractivity contribution in [3.63, 3.8) is 0 Å². The second-order valence-corrected chi connectivity index (χ2v) is 11.4. The Morgan fingerprint density at radius 1 is 1.25 bits per heavy atom. The minimum atomic E-state index is -2.40. The summed E-state index contributed by atoms with van der Waals surface area (Å²) < 4.78 is 0.